The Morgan fingerprint density at radius 1 is 1.32 bits per heavy atom. The summed E-state index contributed by atoms with van der Waals surface area (Å²) < 4.78 is 2.18. The molecule has 1 aromatic heterocycles. The molecule has 0 spiro atoms. The van der Waals surface area contributed by atoms with Crippen molar-refractivity contribution in [2.45, 2.75) is 34.2 Å². The first-order chi connectivity index (χ1) is 8.83. The minimum absolute atomic E-state index is 0.00641. The van der Waals surface area contributed by atoms with E-state index in [0.717, 1.165) is 5.52 Å². The van der Waals surface area contributed by atoms with Gasteiger partial charge in [0.1, 0.15) is 0 Å². The fraction of sp³-hybridized carbons (Fsp3) is 0.467. The molecule has 0 aliphatic carbocycles. The Kier molecular flexibility index (Phi) is 3.63. The topological polar surface area (TPSA) is 37.8 Å². The second-order valence-corrected chi connectivity index (χ2v) is 6.40. The van der Waals surface area contributed by atoms with Crippen molar-refractivity contribution in [3.8, 4) is 0 Å². The molecule has 0 amide bonds. The van der Waals surface area contributed by atoms with Gasteiger partial charge in [-0.3, -0.25) is 9.36 Å². The molecule has 0 bridgehead atoms. The van der Waals surface area contributed by atoms with Crippen LogP contribution in [0, 0.1) is 16.1 Å². The number of rotatable bonds is 3. The van der Waals surface area contributed by atoms with Gasteiger partial charge in [-0.25, -0.2) is 0 Å². The molecule has 0 aliphatic rings. The molecule has 3 nitrogen and oxygen atoms in total. The first-order valence-corrected chi connectivity index (χ1v) is 6.95. The second-order valence-electron chi connectivity index (χ2n) is 6.01. The summed E-state index contributed by atoms with van der Waals surface area (Å²) in [6.07, 6.45) is 0. The van der Waals surface area contributed by atoms with Gasteiger partial charge in [0.2, 0.25) is 0 Å². The summed E-state index contributed by atoms with van der Waals surface area (Å²) in [7, 11) is 0. The molecule has 0 aliphatic heterocycles. The lowest BCUT2D eigenvalue weighted by molar-refractivity contribution is 0.206. The molecule has 0 saturated heterocycles. The van der Waals surface area contributed by atoms with Gasteiger partial charge in [-0.05, 0) is 35.7 Å². The van der Waals surface area contributed by atoms with E-state index in [0.29, 0.717) is 22.6 Å². The van der Waals surface area contributed by atoms with Gasteiger partial charge in [-0.2, -0.15) is 0 Å². The molecular formula is C15H20N2OS. The largest absolute Gasteiger partial charge is 0.332 e. The summed E-state index contributed by atoms with van der Waals surface area (Å²) in [4.78, 5) is 15.7. The van der Waals surface area contributed by atoms with Crippen LogP contribution < -0.4 is 5.56 Å². The molecule has 1 N–H and O–H groups in total. The maximum absolute atomic E-state index is 12.5. The van der Waals surface area contributed by atoms with Gasteiger partial charge < -0.3 is 4.98 Å². The van der Waals surface area contributed by atoms with Crippen molar-refractivity contribution in [3.05, 3.63) is 39.4 Å². The third-order valence-electron chi connectivity index (χ3n) is 4.02. The van der Waals surface area contributed by atoms with Crippen molar-refractivity contribution in [2.24, 2.45) is 11.3 Å². The number of nitrogens with one attached hydrogen (secondary N) is 1. The van der Waals surface area contributed by atoms with Crippen molar-refractivity contribution in [1.29, 1.82) is 0 Å². The zero-order valence-electron chi connectivity index (χ0n) is 11.9. The van der Waals surface area contributed by atoms with Crippen LogP contribution in [0.5, 0.6) is 0 Å². The van der Waals surface area contributed by atoms with Crippen LogP contribution in [0.1, 0.15) is 27.7 Å². The van der Waals surface area contributed by atoms with Gasteiger partial charge >= 0.3 is 0 Å². The standard InChI is InChI=1S/C15H20N2OS/c1-10(2)15(3,4)9-17-13(18)11-7-5-6-8-12(11)16-14(17)19/h5-8,10H,9H2,1-4H3,(H,16,19). The molecule has 0 atom stereocenters. The quantitative estimate of drug-likeness (QED) is 0.867. The summed E-state index contributed by atoms with van der Waals surface area (Å²) in [6, 6.07) is 7.49. The van der Waals surface area contributed by atoms with Crippen molar-refractivity contribution in [1.82, 2.24) is 9.55 Å². The zero-order chi connectivity index (χ0) is 14.2. The number of aromatic amines is 1. The average molecular weight is 276 g/mol. The molecule has 1 aromatic carbocycles. The maximum atomic E-state index is 12.5. The molecule has 2 aromatic rings. The maximum Gasteiger partial charge on any atom is 0.262 e. The van der Waals surface area contributed by atoms with Crippen LogP contribution in [0.25, 0.3) is 10.9 Å². The van der Waals surface area contributed by atoms with Crippen LogP contribution in [0.15, 0.2) is 29.1 Å². The third kappa shape index (κ3) is 2.63. The lowest BCUT2D eigenvalue weighted by Gasteiger charge is -2.29. The summed E-state index contributed by atoms with van der Waals surface area (Å²) in [5.74, 6) is 0.472. The molecule has 0 fully saturated rings. The van der Waals surface area contributed by atoms with Gasteiger partial charge in [-0.1, -0.05) is 39.8 Å². The third-order valence-corrected chi connectivity index (χ3v) is 4.34. The lowest BCUT2D eigenvalue weighted by atomic mass is 9.81. The number of nitrogens with zero attached hydrogens (tertiary/aromatic N) is 1. The lowest BCUT2D eigenvalue weighted by Crippen LogP contribution is -2.32. The van der Waals surface area contributed by atoms with Crippen molar-refractivity contribution in [3.63, 3.8) is 0 Å². The molecule has 4 heteroatoms. The van der Waals surface area contributed by atoms with Gasteiger partial charge in [0.05, 0.1) is 10.9 Å². The van der Waals surface area contributed by atoms with E-state index >= 15 is 0 Å². The minimum Gasteiger partial charge on any atom is -0.332 e. The molecule has 19 heavy (non-hydrogen) atoms. The highest BCUT2D eigenvalue weighted by atomic mass is 32.1. The van der Waals surface area contributed by atoms with E-state index in [1.54, 1.807) is 4.57 Å². The molecule has 102 valence electrons. The van der Waals surface area contributed by atoms with Gasteiger partial charge in [0, 0.05) is 6.54 Å². The fourth-order valence-corrected chi connectivity index (χ4v) is 2.19. The summed E-state index contributed by atoms with van der Waals surface area (Å²) >= 11 is 5.33. The highest BCUT2D eigenvalue weighted by molar-refractivity contribution is 7.71. The molecule has 0 radical (unpaired) electrons. The summed E-state index contributed by atoms with van der Waals surface area (Å²) in [5, 5.41) is 0.690. The second kappa shape index (κ2) is 4.93. The Labute approximate surface area is 118 Å². The molecule has 0 saturated carbocycles. The Morgan fingerprint density at radius 3 is 2.58 bits per heavy atom. The van der Waals surface area contributed by atoms with Crippen LogP contribution >= 0.6 is 12.2 Å². The van der Waals surface area contributed by atoms with E-state index in [1.165, 1.54) is 0 Å². The van der Waals surface area contributed by atoms with E-state index in [9.17, 15) is 4.79 Å². The van der Waals surface area contributed by atoms with Crippen LogP contribution in [-0.4, -0.2) is 9.55 Å². The van der Waals surface area contributed by atoms with Crippen molar-refractivity contribution < 1.29 is 0 Å². The summed E-state index contributed by atoms with van der Waals surface area (Å²) in [5.41, 5.74) is 0.817. The minimum atomic E-state index is -0.00641. The molecule has 2 rings (SSSR count). The number of hydrogen-bond acceptors (Lipinski definition) is 2. The van der Waals surface area contributed by atoms with Gasteiger partial charge in [-0.15, -0.1) is 0 Å². The first kappa shape index (κ1) is 14.0. The molecular weight excluding hydrogens is 256 g/mol. The monoisotopic (exact) mass is 276 g/mol. The highest BCUT2D eigenvalue weighted by Crippen LogP contribution is 2.27. The Morgan fingerprint density at radius 2 is 1.95 bits per heavy atom. The van der Waals surface area contributed by atoms with Gasteiger partial charge in [0.25, 0.3) is 5.56 Å². The average Bonchev–Trinajstić information content (AvgIpc) is 2.34. The van der Waals surface area contributed by atoms with E-state index in [1.807, 2.05) is 24.3 Å². The zero-order valence-corrected chi connectivity index (χ0v) is 12.7. The number of benzene rings is 1. The Hall–Kier alpha value is -1.42. The molecule has 0 unspecified atom stereocenters. The normalized spacial score (nSPS) is 12.3. The highest BCUT2D eigenvalue weighted by Gasteiger charge is 2.24. The molecule has 1 heterocycles. The predicted octanol–water partition coefficient (Wildman–Crippen LogP) is 3.74. The SMILES string of the molecule is CC(C)C(C)(C)Cn1c(=S)[nH]c2ccccc2c1=O. The van der Waals surface area contributed by atoms with E-state index in [-0.39, 0.29) is 11.0 Å². The Balaban J connectivity index is 2.62. The van der Waals surface area contributed by atoms with E-state index in [4.69, 9.17) is 12.2 Å². The van der Waals surface area contributed by atoms with Crippen LogP contribution in [-0.2, 0) is 6.54 Å². The van der Waals surface area contributed by atoms with Gasteiger partial charge in [0.15, 0.2) is 4.77 Å². The van der Waals surface area contributed by atoms with E-state index in [2.05, 4.69) is 32.7 Å². The number of H-pyrrole nitrogens is 1. The smallest absolute Gasteiger partial charge is 0.262 e. The van der Waals surface area contributed by atoms with Crippen LogP contribution in [0.4, 0.5) is 0 Å². The van der Waals surface area contributed by atoms with Crippen molar-refractivity contribution in [2.75, 3.05) is 0 Å². The first-order valence-electron chi connectivity index (χ1n) is 6.55. The predicted molar refractivity (Wildman–Crippen MR) is 82.0 cm³/mol. The van der Waals surface area contributed by atoms with Crippen LogP contribution in [0.2, 0.25) is 0 Å². The van der Waals surface area contributed by atoms with Crippen molar-refractivity contribution >= 4 is 23.1 Å². The Bertz CT molecular complexity index is 710. The number of para-hydroxylation sites is 1. The number of hydrogen-bond donors (Lipinski definition) is 1. The van der Waals surface area contributed by atoms with Crippen LogP contribution in [0.3, 0.4) is 0 Å². The summed E-state index contributed by atoms with van der Waals surface area (Å²) in [6.45, 7) is 9.28. The number of aromatic nitrogens is 2. The fourth-order valence-electron chi connectivity index (χ4n) is 1.93. The van der Waals surface area contributed by atoms with E-state index < -0.39 is 0 Å². The number of fused-ring (bicyclic) bond motifs is 1.